The average Bonchev–Trinajstić information content (AvgIpc) is 2.54. The second kappa shape index (κ2) is 7.65. The quantitative estimate of drug-likeness (QED) is 0.634. The minimum Gasteiger partial charge on any atom is -0.496 e. The van der Waals surface area contributed by atoms with Gasteiger partial charge in [-0.25, -0.2) is 0 Å². The lowest BCUT2D eigenvalue weighted by atomic mass is 10.2. The Bertz CT molecular complexity index is 766. The van der Waals surface area contributed by atoms with Crippen LogP contribution >= 0.6 is 11.6 Å². The summed E-state index contributed by atoms with van der Waals surface area (Å²) in [5.74, 6) is -0.151. The standard InChI is InChI=1S/C16H15ClN2O5/c1-10(16(20)18-12-5-3-4-11(17)8-12)24-15-7-6-13(23-2)9-14(15)19(21)22/h3-10H,1-2H3,(H,18,20)/t10-/m0/s1. The molecule has 24 heavy (non-hydrogen) atoms. The van der Waals surface area contributed by atoms with Gasteiger partial charge in [0.25, 0.3) is 5.91 Å². The molecular weight excluding hydrogens is 336 g/mol. The summed E-state index contributed by atoms with van der Waals surface area (Å²) in [6.07, 6.45) is -0.948. The molecule has 2 rings (SSSR count). The molecule has 0 spiro atoms. The predicted molar refractivity (Wildman–Crippen MR) is 89.8 cm³/mol. The number of amides is 1. The number of hydrogen-bond donors (Lipinski definition) is 1. The molecule has 1 N–H and O–H groups in total. The molecule has 0 aliphatic heterocycles. The SMILES string of the molecule is COc1ccc(O[C@@H](C)C(=O)Nc2cccc(Cl)c2)c([N+](=O)[O-])c1. The molecule has 0 aliphatic carbocycles. The number of rotatable bonds is 6. The van der Waals surface area contributed by atoms with Crippen LogP contribution in [0.5, 0.6) is 11.5 Å². The van der Waals surface area contributed by atoms with Crippen LogP contribution in [-0.2, 0) is 4.79 Å². The monoisotopic (exact) mass is 350 g/mol. The molecule has 2 aromatic carbocycles. The maximum Gasteiger partial charge on any atom is 0.314 e. The van der Waals surface area contributed by atoms with Crippen LogP contribution in [0.2, 0.25) is 5.02 Å². The van der Waals surface area contributed by atoms with Gasteiger partial charge in [-0.2, -0.15) is 0 Å². The van der Waals surface area contributed by atoms with Gasteiger partial charge < -0.3 is 14.8 Å². The Morgan fingerprint density at radius 1 is 1.29 bits per heavy atom. The smallest absolute Gasteiger partial charge is 0.314 e. The highest BCUT2D eigenvalue weighted by molar-refractivity contribution is 6.30. The van der Waals surface area contributed by atoms with Crippen molar-refractivity contribution in [3.8, 4) is 11.5 Å². The highest BCUT2D eigenvalue weighted by Crippen LogP contribution is 2.31. The molecule has 0 fully saturated rings. The summed E-state index contributed by atoms with van der Waals surface area (Å²) in [5.41, 5.74) is 0.226. The number of nitrogens with zero attached hydrogens (tertiary/aromatic N) is 1. The van der Waals surface area contributed by atoms with E-state index in [1.54, 1.807) is 24.3 Å². The van der Waals surface area contributed by atoms with Gasteiger partial charge in [0, 0.05) is 10.7 Å². The number of benzene rings is 2. The van der Waals surface area contributed by atoms with E-state index in [9.17, 15) is 14.9 Å². The van der Waals surface area contributed by atoms with E-state index in [4.69, 9.17) is 21.1 Å². The van der Waals surface area contributed by atoms with Crippen molar-refractivity contribution in [2.24, 2.45) is 0 Å². The van der Waals surface area contributed by atoms with Crippen molar-refractivity contribution < 1.29 is 19.2 Å². The van der Waals surface area contributed by atoms with Gasteiger partial charge in [-0.05, 0) is 37.3 Å². The molecule has 0 saturated heterocycles. The Morgan fingerprint density at radius 2 is 2.04 bits per heavy atom. The molecule has 0 radical (unpaired) electrons. The molecular formula is C16H15ClN2O5. The summed E-state index contributed by atoms with van der Waals surface area (Å²) in [5, 5.41) is 14.2. The third-order valence-electron chi connectivity index (χ3n) is 3.13. The van der Waals surface area contributed by atoms with E-state index >= 15 is 0 Å². The van der Waals surface area contributed by atoms with Crippen molar-refractivity contribution in [1.29, 1.82) is 0 Å². The third kappa shape index (κ3) is 4.36. The number of ether oxygens (including phenoxy) is 2. The second-order valence-corrected chi connectivity index (χ2v) is 5.29. The Morgan fingerprint density at radius 3 is 2.67 bits per heavy atom. The van der Waals surface area contributed by atoms with Crippen LogP contribution in [0.15, 0.2) is 42.5 Å². The Balaban J connectivity index is 2.12. The number of nitro benzene ring substituents is 1. The van der Waals surface area contributed by atoms with E-state index in [-0.39, 0.29) is 11.4 Å². The minimum absolute atomic E-state index is 0.0189. The summed E-state index contributed by atoms with van der Waals surface area (Å²) in [7, 11) is 1.40. The number of nitrogens with one attached hydrogen (secondary N) is 1. The number of methoxy groups -OCH3 is 1. The number of anilines is 1. The van der Waals surface area contributed by atoms with Crippen LogP contribution in [0.4, 0.5) is 11.4 Å². The molecule has 2 aromatic rings. The highest BCUT2D eigenvalue weighted by Gasteiger charge is 2.22. The lowest BCUT2D eigenvalue weighted by Crippen LogP contribution is -2.30. The fraction of sp³-hybridized carbons (Fsp3) is 0.188. The van der Waals surface area contributed by atoms with E-state index in [1.165, 1.54) is 32.2 Å². The van der Waals surface area contributed by atoms with Gasteiger partial charge in [0.1, 0.15) is 5.75 Å². The van der Waals surface area contributed by atoms with Gasteiger partial charge in [-0.15, -0.1) is 0 Å². The molecule has 126 valence electrons. The van der Waals surface area contributed by atoms with Crippen LogP contribution < -0.4 is 14.8 Å². The molecule has 8 heteroatoms. The molecule has 0 aromatic heterocycles. The van der Waals surface area contributed by atoms with Crippen LogP contribution in [0, 0.1) is 10.1 Å². The van der Waals surface area contributed by atoms with E-state index in [0.29, 0.717) is 16.5 Å². The predicted octanol–water partition coefficient (Wildman–Crippen LogP) is 3.66. The Hall–Kier alpha value is -2.80. The van der Waals surface area contributed by atoms with Crippen molar-refractivity contribution in [2.45, 2.75) is 13.0 Å². The molecule has 0 heterocycles. The number of halogens is 1. The number of hydrogen-bond acceptors (Lipinski definition) is 5. The second-order valence-electron chi connectivity index (χ2n) is 4.85. The van der Waals surface area contributed by atoms with Gasteiger partial charge in [0.05, 0.1) is 18.1 Å². The highest BCUT2D eigenvalue weighted by atomic mass is 35.5. The van der Waals surface area contributed by atoms with E-state index < -0.39 is 16.9 Å². The van der Waals surface area contributed by atoms with Gasteiger partial charge >= 0.3 is 5.69 Å². The summed E-state index contributed by atoms with van der Waals surface area (Å²) in [4.78, 5) is 22.7. The van der Waals surface area contributed by atoms with Gasteiger partial charge in [-0.3, -0.25) is 14.9 Å². The lowest BCUT2D eigenvalue weighted by Gasteiger charge is -2.15. The lowest BCUT2D eigenvalue weighted by molar-refractivity contribution is -0.386. The van der Waals surface area contributed by atoms with Crippen molar-refractivity contribution in [1.82, 2.24) is 0 Å². The van der Waals surface area contributed by atoms with E-state index in [2.05, 4.69) is 5.32 Å². The first-order valence-corrected chi connectivity index (χ1v) is 7.34. The molecule has 7 nitrogen and oxygen atoms in total. The van der Waals surface area contributed by atoms with Gasteiger partial charge in [0.15, 0.2) is 11.9 Å². The Labute approximate surface area is 143 Å². The Kier molecular flexibility index (Phi) is 5.59. The molecule has 1 atom stereocenters. The van der Waals surface area contributed by atoms with Crippen LogP contribution in [0.25, 0.3) is 0 Å². The zero-order valence-electron chi connectivity index (χ0n) is 13.0. The van der Waals surface area contributed by atoms with Crippen molar-refractivity contribution in [2.75, 3.05) is 12.4 Å². The zero-order valence-corrected chi connectivity index (χ0v) is 13.7. The largest absolute Gasteiger partial charge is 0.496 e. The average molecular weight is 351 g/mol. The topological polar surface area (TPSA) is 90.7 Å². The summed E-state index contributed by atoms with van der Waals surface area (Å²) in [6.45, 7) is 1.49. The van der Waals surface area contributed by atoms with E-state index in [0.717, 1.165) is 0 Å². The van der Waals surface area contributed by atoms with E-state index in [1.807, 2.05) is 0 Å². The normalized spacial score (nSPS) is 11.5. The summed E-state index contributed by atoms with van der Waals surface area (Å²) < 4.78 is 10.4. The zero-order chi connectivity index (χ0) is 17.7. The maximum absolute atomic E-state index is 12.2. The number of nitro groups is 1. The van der Waals surface area contributed by atoms with Crippen LogP contribution in [-0.4, -0.2) is 24.0 Å². The minimum atomic E-state index is -0.948. The van der Waals surface area contributed by atoms with Crippen molar-refractivity contribution in [3.05, 3.63) is 57.6 Å². The van der Waals surface area contributed by atoms with Crippen LogP contribution in [0.1, 0.15) is 6.92 Å². The summed E-state index contributed by atoms with van der Waals surface area (Å²) in [6, 6.07) is 10.8. The fourth-order valence-electron chi connectivity index (χ4n) is 1.92. The number of carbonyl (C=O) groups is 1. The number of carbonyl (C=O) groups excluding carboxylic acids is 1. The first-order chi connectivity index (χ1) is 11.4. The fourth-order valence-corrected chi connectivity index (χ4v) is 2.11. The first kappa shape index (κ1) is 17.6. The third-order valence-corrected chi connectivity index (χ3v) is 3.36. The summed E-state index contributed by atoms with van der Waals surface area (Å²) >= 11 is 5.85. The molecule has 0 unspecified atom stereocenters. The maximum atomic E-state index is 12.2. The molecule has 0 saturated carbocycles. The van der Waals surface area contributed by atoms with Gasteiger partial charge in [0.2, 0.25) is 0 Å². The molecule has 0 bridgehead atoms. The van der Waals surface area contributed by atoms with Gasteiger partial charge in [-0.1, -0.05) is 17.7 Å². The van der Waals surface area contributed by atoms with Crippen molar-refractivity contribution >= 4 is 28.9 Å². The van der Waals surface area contributed by atoms with Crippen molar-refractivity contribution in [3.63, 3.8) is 0 Å². The molecule has 0 aliphatic rings. The first-order valence-electron chi connectivity index (χ1n) is 6.96. The van der Waals surface area contributed by atoms with Crippen LogP contribution in [0.3, 0.4) is 0 Å². The molecule has 1 amide bonds.